The Kier molecular flexibility index (Phi) is 5.33. The van der Waals surface area contributed by atoms with Crippen LogP contribution in [-0.2, 0) is 6.18 Å². The van der Waals surface area contributed by atoms with Gasteiger partial charge in [-0.1, -0.05) is 12.1 Å². The van der Waals surface area contributed by atoms with Gasteiger partial charge in [-0.05, 0) is 24.3 Å². The summed E-state index contributed by atoms with van der Waals surface area (Å²) in [4.78, 5) is 27.5. The number of halogens is 5. The molecule has 0 saturated heterocycles. The van der Waals surface area contributed by atoms with E-state index >= 15 is 0 Å². The molecule has 0 aliphatic heterocycles. The van der Waals surface area contributed by atoms with Gasteiger partial charge in [0.15, 0.2) is 0 Å². The SMILES string of the molecule is NC(=O)c1csc(-c2cccc(C(F)(F)F)c2NC(=O)c2c(F)cccc2F)n1. The van der Waals surface area contributed by atoms with Crippen molar-refractivity contribution in [2.75, 3.05) is 5.32 Å². The van der Waals surface area contributed by atoms with Crippen LogP contribution >= 0.6 is 11.3 Å². The first-order valence-corrected chi connectivity index (χ1v) is 8.69. The van der Waals surface area contributed by atoms with Crippen LogP contribution in [0.5, 0.6) is 0 Å². The van der Waals surface area contributed by atoms with Gasteiger partial charge in [0.2, 0.25) is 0 Å². The fourth-order valence-corrected chi connectivity index (χ4v) is 3.34. The van der Waals surface area contributed by atoms with Gasteiger partial charge < -0.3 is 11.1 Å². The number of carbonyl (C=O) groups excluding carboxylic acids is 2. The van der Waals surface area contributed by atoms with E-state index in [4.69, 9.17) is 5.73 Å². The van der Waals surface area contributed by atoms with E-state index in [2.05, 4.69) is 4.98 Å². The fraction of sp³-hybridized carbons (Fsp3) is 0.0556. The molecule has 29 heavy (non-hydrogen) atoms. The minimum absolute atomic E-state index is 0.0470. The maximum absolute atomic E-state index is 13.9. The molecular formula is C18H10F5N3O2S. The number of nitrogens with two attached hydrogens (primary N) is 1. The van der Waals surface area contributed by atoms with E-state index in [-0.39, 0.29) is 16.3 Å². The molecule has 0 aliphatic rings. The van der Waals surface area contributed by atoms with Gasteiger partial charge in [0.1, 0.15) is 27.9 Å². The number of alkyl halides is 3. The van der Waals surface area contributed by atoms with Crippen LogP contribution in [0.1, 0.15) is 26.4 Å². The summed E-state index contributed by atoms with van der Waals surface area (Å²) in [6.07, 6.45) is -4.89. The smallest absolute Gasteiger partial charge is 0.364 e. The van der Waals surface area contributed by atoms with Crippen LogP contribution in [0.3, 0.4) is 0 Å². The third kappa shape index (κ3) is 4.09. The van der Waals surface area contributed by atoms with Gasteiger partial charge in [-0.15, -0.1) is 11.3 Å². The molecule has 0 unspecified atom stereocenters. The van der Waals surface area contributed by atoms with Crippen LogP contribution < -0.4 is 11.1 Å². The Morgan fingerprint density at radius 1 is 1.03 bits per heavy atom. The number of hydrogen-bond acceptors (Lipinski definition) is 4. The Labute approximate surface area is 164 Å². The Bertz CT molecular complexity index is 1090. The molecule has 0 bridgehead atoms. The summed E-state index contributed by atoms with van der Waals surface area (Å²) in [6.45, 7) is 0. The van der Waals surface area contributed by atoms with Crippen molar-refractivity contribution in [3.05, 3.63) is 70.2 Å². The second-order valence-electron chi connectivity index (χ2n) is 5.68. The quantitative estimate of drug-likeness (QED) is 0.603. The van der Waals surface area contributed by atoms with E-state index in [1.807, 2.05) is 5.32 Å². The van der Waals surface area contributed by atoms with Gasteiger partial charge in [-0.3, -0.25) is 9.59 Å². The average molecular weight is 427 g/mol. The van der Waals surface area contributed by atoms with Crippen LogP contribution in [0.25, 0.3) is 10.6 Å². The molecule has 2 aromatic carbocycles. The highest BCUT2D eigenvalue weighted by molar-refractivity contribution is 7.13. The highest BCUT2D eigenvalue weighted by atomic mass is 32.1. The molecule has 0 atom stereocenters. The lowest BCUT2D eigenvalue weighted by Crippen LogP contribution is -2.20. The highest BCUT2D eigenvalue weighted by Gasteiger charge is 2.36. The molecule has 3 aromatic rings. The van der Waals surface area contributed by atoms with Gasteiger partial charge in [0.05, 0.1) is 11.3 Å². The number of primary amides is 1. The van der Waals surface area contributed by atoms with Crippen LogP contribution in [0, 0.1) is 11.6 Å². The van der Waals surface area contributed by atoms with Gasteiger partial charge in [0.25, 0.3) is 11.8 Å². The summed E-state index contributed by atoms with van der Waals surface area (Å²) in [5.74, 6) is -4.78. The monoisotopic (exact) mass is 427 g/mol. The zero-order valence-corrected chi connectivity index (χ0v) is 15.0. The Balaban J connectivity index is 2.15. The van der Waals surface area contributed by atoms with Gasteiger partial charge in [-0.2, -0.15) is 13.2 Å². The predicted octanol–water partition coefficient (Wildman–Crippen LogP) is 4.46. The zero-order valence-electron chi connectivity index (χ0n) is 14.2. The number of aromatic nitrogens is 1. The summed E-state index contributed by atoms with van der Waals surface area (Å²) in [7, 11) is 0. The summed E-state index contributed by atoms with van der Waals surface area (Å²) < 4.78 is 68.2. The molecule has 0 aliphatic carbocycles. The number of hydrogen-bond donors (Lipinski definition) is 2. The number of carbonyl (C=O) groups is 2. The molecule has 0 radical (unpaired) electrons. The molecule has 3 N–H and O–H groups in total. The van der Waals surface area contributed by atoms with Crippen molar-refractivity contribution >= 4 is 28.8 Å². The lowest BCUT2D eigenvalue weighted by Gasteiger charge is -2.17. The number of para-hydroxylation sites is 1. The Morgan fingerprint density at radius 2 is 1.66 bits per heavy atom. The van der Waals surface area contributed by atoms with Crippen molar-refractivity contribution in [2.45, 2.75) is 6.18 Å². The summed E-state index contributed by atoms with van der Waals surface area (Å²) in [6, 6.07) is 5.59. The first kappa shape index (κ1) is 20.4. The van der Waals surface area contributed by atoms with Crippen LogP contribution in [0.4, 0.5) is 27.6 Å². The van der Waals surface area contributed by atoms with Gasteiger partial charge in [0, 0.05) is 10.9 Å². The lowest BCUT2D eigenvalue weighted by atomic mass is 10.1. The van der Waals surface area contributed by atoms with Crippen molar-refractivity contribution in [3.63, 3.8) is 0 Å². The molecule has 1 heterocycles. The highest BCUT2D eigenvalue weighted by Crippen LogP contribution is 2.41. The Hall–Kier alpha value is -3.34. The van der Waals surface area contributed by atoms with Crippen molar-refractivity contribution in [2.24, 2.45) is 5.73 Å². The molecular weight excluding hydrogens is 417 g/mol. The second-order valence-corrected chi connectivity index (χ2v) is 6.54. The van der Waals surface area contributed by atoms with Crippen molar-refractivity contribution in [1.29, 1.82) is 0 Å². The molecule has 5 nitrogen and oxygen atoms in total. The number of rotatable bonds is 4. The van der Waals surface area contributed by atoms with Crippen LogP contribution in [0.2, 0.25) is 0 Å². The second kappa shape index (κ2) is 7.59. The molecule has 0 saturated carbocycles. The summed E-state index contributed by atoms with van der Waals surface area (Å²) in [5, 5.41) is 3.12. The maximum atomic E-state index is 13.9. The normalized spacial score (nSPS) is 11.3. The molecule has 0 fully saturated rings. The number of nitrogens with one attached hydrogen (secondary N) is 1. The van der Waals surface area contributed by atoms with Gasteiger partial charge >= 0.3 is 6.18 Å². The first-order chi connectivity index (χ1) is 13.6. The molecule has 2 amide bonds. The molecule has 0 spiro atoms. The van der Waals surface area contributed by atoms with E-state index in [0.717, 1.165) is 35.6 Å². The van der Waals surface area contributed by atoms with Crippen LogP contribution in [0.15, 0.2) is 41.8 Å². The van der Waals surface area contributed by atoms with Crippen molar-refractivity contribution in [1.82, 2.24) is 4.98 Å². The van der Waals surface area contributed by atoms with E-state index in [1.54, 1.807) is 0 Å². The van der Waals surface area contributed by atoms with Crippen molar-refractivity contribution in [3.8, 4) is 10.6 Å². The molecule has 3 rings (SSSR count). The Morgan fingerprint density at radius 3 is 2.21 bits per heavy atom. The standard InChI is InChI=1S/C18H10F5N3O2S/c19-10-5-2-6-11(20)13(10)16(28)26-14-8(3-1-4-9(14)18(21,22)23)17-25-12(7-29-17)15(24)27/h1-7H,(H2,24,27)(H,26,28). The van der Waals surface area contributed by atoms with Crippen LogP contribution in [-0.4, -0.2) is 16.8 Å². The number of nitrogens with zero attached hydrogens (tertiary/aromatic N) is 1. The fourth-order valence-electron chi connectivity index (χ4n) is 2.50. The van der Waals surface area contributed by atoms with E-state index < -0.39 is 46.4 Å². The topological polar surface area (TPSA) is 85.1 Å². The molecule has 1 aromatic heterocycles. The number of anilines is 1. The van der Waals surface area contributed by atoms with E-state index in [0.29, 0.717) is 6.07 Å². The zero-order chi connectivity index (χ0) is 21.3. The minimum atomic E-state index is -4.89. The number of amides is 2. The summed E-state index contributed by atoms with van der Waals surface area (Å²) >= 11 is 0.815. The van der Waals surface area contributed by atoms with Gasteiger partial charge in [-0.25, -0.2) is 13.8 Å². The molecule has 150 valence electrons. The first-order valence-electron chi connectivity index (χ1n) is 7.81. The van der Waals surface area contributed by atoms with E-state index in [9.17, 15) is 31.5 Å². The predicted molar refractivity (Wildman–Crippen MR) is 95.4 cm³/mol. The summed E-state index contributed by atoms with van der Waals surface area (Å²) in [5.41, 5.74) is 1.69. The third-order valence-electron chi connectivity index (χ3n) is 3.79. The van der Waals surface area contributed by atoms with E-state index in [1.165, 1.54) is 11.4 Å². The maximum Gasteiger partial charge on any atom is 0.418 e. The average Bonchev–Trinajstić information content (AvgIpc) is 3.11. The minimum Gasteiger partial charge on any atom is -0.364 e. The third-order valence-corrected chi connectivity index (χ3v) is 4.66. The largest absolute Gasteiger partial charge is 0.418 e. The van der Waals surface area contributed by atoms with Crippen molar-refractivity contribution < 1.29 is 31.5 Å². The number of thiazole rings is 1. The molecule has 11 heteroatoms. The number of benzene rings is 2. The lowest BCUT2D eigenvalue weighted by molar-refractivity contribution is -0.136.